The fraction of sp³-hybridized carbons (Fsp3) is 0.435. The lowest BCUT2D eigenvalue weighted by molar-refractivity contribution is -0.136. The molecule has 2 aromatic rings. The third-order valence-electron chi connectivity index (χ3n) is 5.68. The molecule has 1 saturated carbocycles. The van der Waals surface area contributed by atoms with Crippen molar-refractivity contribution in [2.45, 2.75) is 58.4 Å². The number of hydrogen-bond donors (Lipinski definition) is 1. The van der Waals surface area contributed by atoms with Crippen molar-refractivity contribution in [3.05, 3.63) is 46.8 Å². The first-order chi connectivity index (χ1) is 13.9. The van der Waals surface area contributed by atoms with E-state index in [1.54, 1.807) is 4.68 Å². The summed E-state index contributed by atoms with van der Waals surface area (Å²) in [5.41, 5.74) is 4.15. The van der Waals surface area contributed by atoms with E-state index >= 15 is 0 Å². The third kappa shape index (κ3) is 4.51. The van der Waals surface area contributed by atoms with Gasteiger partial charge in [0, 0.05) is 23.7 Å². The van der Waals surface area contributed by atoms with Gasteiger partial charge >= 0.3 is 5.97 Å². The first kappa shape index (κ1) is 20.7. The van der Waals surface area contributed by atoms with Crippen molar-refractivity contribution in [3.8, 4) is 18.0 Å². The van der Waals surface area contributed by atoms with Crippen LogP contribution in [0.4, 0.5) is 0 Å². The molecular formula is C23H27N3O3. The number of aromatic nitrogens is 2. The first-order valence-electron chi connectivity index (χ1n) is 10.0. The Bertz CT molecular complexity index is 932. The van der Waals surface area contributed by atoms with Gasteiger partial charge in [0.15, 0.2) is 0 Å². The Labute approximate surface area is 171 Å². The summed E-state index contributed by atoms with van der Waals surface area (Å²) in [6.45, 7) is 4.15. The van der Waals surface area contributed by atoms with Gasteiger partial charge in [0.25, 0.3) is 5.91 Å². The summed E-state index contributed by atoms with van der Waals surface area (Å²) in [6.07, 6.45) is 10.3. The molecule has 152 valence electrons. The molecule has 0 unspecified atom stereocenters. The molecule has 6 nitrogen and oxygen atoms in total. The molecular weight excluding hydrogens is 366 g/mol. The van der Waals surface area contributed by atoms with E-state index in [9.17, 15) is 9.59 Å². The van der Waals surface area contributed by atoms with Crippen LogP contribution in [0, 0.1) is 26.2 Å². The molecule has 0 spiro atoms. The van der Waals surface area contributed by atoms with Crippen LogP contribution >= 0.6 is 0 Å². The van der Waals surface area contributed by atoms with Crippen molar-refractivity contribution in [3.63, 3.8) is 0 Å². The second kappa shape index (κ2) is 8.95. The molecule has 0 atom stereocenters. The molecule has 1 aromatic carbocycles. The maximum atomic E-state index is 13.0. The Balaban J connectivity index is 1.81. The number of terminal acetylenes is 1. The van der Waals surface area contributed by atoms with Gasteiger partial charge in [-0.05, 0) is 62.9 Å². The van der Waals surface area contributed by atoms with Gasteiger partial charge in [-0.25, -0.2) is 4.68 Å². The van der Waals surface area contributed by atoms with Crippen LogP contribution in [0.3, 0.4) is 0 Å². The van der Waals surface area contributed by atoms with Crippen LogP contribution in [0.5, 0.6) is 0 Å². The fourth-order valence-electron chi connectivity index (χ4n) is 4.11. The minimum atomic E-state index is -0.821. The van der Waals surface area contributed by atoms with Crippen molar-refractivity contribution in [2.24, 2.45) is 0 Å². The first-order valence-corrected chi connectivity index (χ1v) is 10.0. The summed E-state index contributed by atoms with van der Waals surface area (Å²) in [5, 5.41) is 13.5. The number of carbonyl (C=O) groups is 2. The van der Waals surface area contributed by atoms with Gasteiger partial charge in [0.05, 0.1) is 17.9 Å². The van der Waals surface area contributed by atoms with Crippen LogP contribution < -0.4 is 0 Å². The molecule has 1 amide bonds. The molecule has 0 aliphatic heterocycles. The fourth-order valence-corrected chi connectivity index (χ4v) is 4.11. The lowest BCUT2D eigenvalue weighted by Crippen LogP contribution is -2.39. The minimum absolute atomic E-state index is 0.0306. The van der Waals surface area contributed by atoms with Crippen molar-refractivity contribution in [1.29, 1.82) is 0 Å². The predicted octanol–water partition coefficient (Wildman–Crippen LogP) is 3.52. The second-order valence-electron chi connectivity index (χ2n) is 7.58. The van der Waals surface area contributed by atoms with Gasteiger partial charge in [-0.15, -0.1) is 6.42 Å². The van der Waals surface area contributed by atoms with Crippen molar-refractivity contribution in [1.82, 2.24) is 14.7 Å². The number of aryl methyl sites for hydroxylation is 1. The molecule has 1 fully saturated rings. The molecule has 0 bridgehead atoms. The van der Waals surface area contributed by atoms with E-state index in [-0.39, 0.29) is 18.4 Å². The molecule has 1 N–H and O–H groups in total. The Morgan fingerprint density at radius 1 is 1.24 bits per heavy atom. The monoisotopic (exact) mass is 393 g/mol. The zero-order valence-corrected chi connectivity index (χ0v) is 17.0. The zero-order chi connectivity index (χ0) is 21.0. The number of benzene rings is 1. The summed E-state index contributed by atoms with van der Waals surface area (Å²) in [6, 6.07) is 7.59. The Morgan fingerprint density at radius 3 is 2.48 bits per heavy atom. The third-order valence-corrected chi connectivity index (χ3v) is 5.68. The van der Waals surface area contributed by atoms with Gasteiger partial charge in [-0.3, -0.25) is 9.59 Å². The highest BCUT2D eigenvalue weighted by atomic mass is 16.4. The number of hydrogen-bond acceptors (Lipinski definition) is 3. The second-order valence-corrected chi connectivity index (χ2v) is 7.58. The maximum absolute atomic E-state index is 13.0. The largest absolute Gasteiger partial charge is 0.481 e. The van der Waals surface area contributed by atoms with E-state index in [1.807, 2.05) is 43.0 Å². The van der Waals surface area contributed by atoms with Crippen LogP contribution in [-0.4, -0.2) is 44.3 Å². The normalized spacial score (nSPS) is 14.0. The number of aliphatic carboxylic acids is 1. The molecule has 0 radical (unpaired) electrons. The number of amides is 1. The highest BCUT2D eigenvalue weighted by molar-refractivity contribution is 5.94. The topological polar surface area (TPSA) is 75.4 Å². The maximum Gasteiger partial charge on any atom is 0.303 e. The molecule has 6 heteroatoms. The van der Waals surface area contributed by atoms with Gasteiger partial charge in [-0.1, -0.05) is 18.8 Å². The Kier molecular flexibility index (Phi) is 6.38. The van der Waals surface area contributed by atoms with E-state index in [0.29, 0.717) is 18.5 Å². The molecule has 0 saturated heterocycles. The van der Waals surface area contributed by atoms with Crippen molar-refractivity contribution < 1.29 is 14.7 Å². The summed E-state index contributed by atoms with van der Waals surface area (Å²) in [7, 11) is 0. The minimum Gasteiger partial charge on any atom is -0.481 e. The molecule has 29 heavy (non-hydrogen) atoms. The van der Waals surface area contributed by atoms with Crippen LogP contribution in [0.15, 0.2) is 24.3 Å². The van der Waals surface area contributed by atoms with Crippen LogP contribution in [-0.2, 0) is 11.2 Å². The molecule has 1 heterocycles. The number of rotatable bonds is 7. The zero-order valence-electron chi connectivity index (χ0n) is 17.0. The van der Waals surface area contributed by atoms with Gasteiger partial charge < -0.3 is 10.0 Å². The standard InChI is InChI=1S/C23H27N3O3/c1-4-15-25(19-7-5-6-8-19)23(29)18-9-11-20(12-10-18)26-17(3)21(16(2)24-26)13-14-22(27)28/h1,9-12,19H,5-8,13-15H2,2-3H3,(H,27,28). The number of carboxylic acids is 1. The van der Waals surface area contributed by atoms with Crippen LogP contribution in [0.2, 0.25) is 0 Å². The lowest BCUT2D eigenvalue weighted by atomic mass is 10.1. The number of nitrogens with zero attached hydrogens (tertiary/aromatic N) is 3. The molecule has 1 aliphatic carbocycles. The van der Waals surface area contributed by atoms with Gasteiger partial charge in [-0.2, -0.15) is 5.10 Å². The lowest BCUT2D eigenvalue weighted by Gasteiger charge is -2.27. The van der Waals surface area contributed by atoms with Crippen LogP contribution in [0.25, 0.3) is 5.69 Å². The van der Waals surface area contributed by atoms with Crippen molar-refractivity contribution >= 4 is 11.9 Å². The summed E-state index contributed by atoms with van der Waals surface area (Å²) < 4.78 is 1.80. The van der Waals surface area contributed by atoms with Crippen molar-refractivity contribution in [2.75, 3.05) is 6.54 Å². The molecule has 1 aliphatic rings. The quantitative estimate of drug-likeness (QED) is 0.730. The summed E-state index contributed by atoms with van der Waals surface area (Å²) >= 11 is 0. The van der Waals surface area contributed by atoms with Gasteiger partial charge in [0.2, 0.25) is 0 Å². The van der Waals surface area contributed by atoms with E-state index in [0.717, 1.165) is 48.3 Å². The summed E-state index contributed by atoms with van der Waals surface area (Å²) in [4.78, 5) is 25.7. The van der Waals surface area contributed by atoms with E-state index in [2.05, 4.69) is 11.0 Å². The molecule has 1 aromatic heterocycles. The number of carbonyl (C=O) groups excluding carboxylic acids is 1. The van der Waals surface area contributed by atoms with Crippen LogP contribution in [0.1, 0.15) is 59.4 Å². The summed E-state index contributed by atoms with van der Waals surface area (Å²) in [5.74, 6) is 1.77. The highest BCUT2D eigenvalue weighted by Gasteiger charge is 2.26. The van der Waals surface area contributed by atoms with E-state index in [4.69, 9.17) is 11.5 Å². The Hall–Kier alpha value is -3.07. The molecule has 3 rings (SSSR count). The Morgan fingerprint density at radius 2 is 1.90 bits per heavy atom. The number of carboxylic acid groups (broad SMARTS) is 1. The smallest absolute Gasteiger partial charge is 0.303 e. The SMILES string of the molecule is C#CCN(C(=O)c1ccc(-n2nc(C)c(CCC(=O)O)c2C)cc1)C1CCCC1. The predicted molar refractivity (Wildman–Crippen MR) is 111 cm³/mol. The highest BCUT2D eigenvalue weighted by Crippen LogP contribution is 2.25. The van der Waals surface area contributed by atoms with Gasteiger partial charge in [0.1, 0.15) is 0 Å². The average Bonchev–Trinajstić information content (AvgIpc) is 3.33. The average molecular weight is 393 g/mol. The van der Waals surface area contributed by atoms with E-state index in [1.165, 1.54) is 0 Å². The van der Waals surface area contributed by atoms with E-state index < -0.39 is 5.97 Å².